The van der Waals surface area contributed by atoms with Crippen LogP contribution in [-0.4, -0.2) is 30.9 Å². The number of anilines is 1. The third-order valence-corrected chi connectivity index (χ3v) is 4.62. The molecule has 6 nitrogen and oxygen atoms in total. The Kier molecular flexibility index (Phi) is 3.40. The van der Waals surface area contributed by atoms with Crippen LogP contribution >= 0.6 is 0 Å². The highest BCUT2D eigenvalue weighted by Crippen LogP contribution is 2.31. The number of halogens is 2. The van der Waals surface area contributed by atoms with Gasteiger partial charge in [0.15, 0.2) is 27.2 Å². The molecule has 0 aliphatic carbocycles. The van der Waals surface area contributed by atoms with Gasteiger partial charge in [-0.15, -0.1) is 0 Å². The molecule has 1 aromatic carbocycles. The van der Waals surface area contributed by atoms with Gasteiger partial charge in [0.05, 0.1) is 16.4 Å². The van der Waals surface area contributed by atoms with Crippen molar-refractivity contribution in [3.05, 3.63) is 33.9 Å². The van der Waals surface area contributed by atoms with Crippen LogP contribution in [0.25, 0.3) is 0 Å². The number of nitro groups is 1. The van der Waals surface area contributed by atoms with Crippen LogP contribution in [0.2, 0.25) is 0 Å². The fraction of sp³-hybridized carbons (Fsp3) is 0.400. The van der Waals surface area contributed by atoms with Gasteiger partial charge in [-0.25, -0.2) is 17.2 Å². The Balaban J connectivity index is 2.34. The maximum Gasteiger partial charge on any atom is 0.295 e. The smallest absolute Gasteiger partial charge is 0.295 e. The lowest BCUT2D eigenvalue weighted by Crippen LogP contribution is -2.22. The van der Waals surface area contributed by atoms with E-state index in [0.717, 1.165) is 6.07 Å². The van der Waals surface area contributed by atoms with Crippen LogP contribution in [0, 0.1) is 21.7 Å². The average molecular weight is 292 g/mol. The summed E-state index contributed by atoms with van der Waals surface area (Å²) in [5, 5.41) is 13.2. The number of nitrogens with one attached hydrogen (secondary N) is 1. The van der Waals surface area contributed by atoms with Crippen LogP contribution in [0.5, 0.6) is 0 Å². The summed E-state index contributed by atoms with van der Waals surface area (Å²) < 4.78 is 49.2. The van der Waals surface area contributed by atoms with E-state index in [0.29, 0.717) is 6.07 Å². The summed E-state index contributed by atoms with van der Waals surface area (Å²) in [4.78, 5) is 9.89. The molecule has 1 N–H and O–H groups in total. The molecule has 1 unspecified atom stereocenters. The Morgan fingerprint density at radius 1 is 1.37 bits per heavy atom. The zero-order valence-electron chi connectivity index (χ0n) is 9.60. The zero-order chi connectivity index (χ0) is 14.2. The lowest BCUT2D eigenvalue weighted by Gasteiger charge is -2.13. The van der Waals surface area contributed by atoms with Gasteiger partial charge in [0.2, 0.25) is 0 Å². The minimum Gasteiger partial charge on any atom is -0.373 e. The number of benzene rings is 1. The van der Waals surface area contributed by atoms with Crippen molar-refractivity contribution < 1.29 is 22.1 Å². The molecule has 1 heterocycles. The van der Waals surface area contributed by atoms with Gasteiger partial charge < -0.3 is 5.32 Å². The van der Waals surface area contributed by atoms with Gasteiger partial charge in [-0.2, -0.15) is 0 Å². The predicted molar refractivity (Wildman–Crippen MR) is 63.7 cm³/mol. The first kappa shape index (κ1) is 13.7. The molecule has 0 amide bonds. The molecular formula is C10H10F2N2O4S. The standard InChI is InChI=1S/C10H10F2N2O4S/c11-7-1-2-8(14(15)16)10(9(7)12)13-6-3-4-19(17,18)5-6/h1-2,6,13H,3-5H2. The number of sulfone groups is 1. The molecule has 1 aliphatic heterocycles. The summed E-state index contributed by atoms with van der Waals surface area (Å²) in [6.07, 6.45) is 0.204. The van der Waals surface area contributed by atoms with E-state index in [-0.39, 0.29) is 17.9 Å². The van der Waals surface area contributed by atoms with E-state index in [1.165, 1.54) is 0 Å². The molecule has 19 heavy (non-hydrogen) atoms. The molecule has 1 aliphatic rings. The van der Waals surface area contributed by atoms with E-state index in [2.05, 4.69) is 5.32 Å². The summed E-state index contributed by atoms with van der Waals surface area (Å²) in [6.45, 7) is 0. The first-order valence-electron chi connectivity index (χ1n) is 5.39. The largest absolute Gasteiger partial charge is 0.373 e. The van der Waals surface area contributed by atoms with Crippen LogP contribution < -0.4 is 5.32 Å². The average Bonchev–Trinajstić information content (AvgIpc) is 2.64. The SMILES string of the molecule is O=[N+]([O-])c1ccc(F)c(F)c1NC1CCS(=O)(=O)C1. The Hall–Kier alpha value is -1.77. The van der Waals surface area contributed by atoms with Gasteiger partial charge in [0, 0.05) is 12.1 Å². The van der Waals surface area contributed by atoms with Crippen molar-refractivity contribution in [1.82, 2.24) is 0 Å². The second-order valence-corrected chi connectivity index (χ2v) is 6.49. The van der Waals surface area contributed by atoms with Gasteiger partial charge in [-0.1, -0.05) is 0 Å². The Bertz CT molecular complexity index is 633. The van der Waals surface area contributed by atoms with Crippen molar-refractivity contribution in [2.75, 3.05) is 16.8 Å². The molecule has 9 heteroatoms. The first-order valence-corrected chi connectivity index (χ1v) is 7.21. The van der Waals surface area contributed by atoms with Crippen molar-refractivity contribution in [1.29, 1.82) is 0 Å². The van der Waals surface area contributed by atoms with E-state index in [9.17, 15) is 27.3 Å². The number of nitrogens with zero attached hydrogens (tertiary/aromatic N) is 1. The Morgan fingerprint density at radius 3 is 2.58 bits per heavy atom. The molecule has 0 saturated carbocycles. The molecule has 104 valence electrons. The Labute approximate surface area is 107 Å². The molecule has 1 atom stereocenters. The predicted octanol–water partition coefficient (Wildman–Crippen LogP) is 1.47. The topological polar surface area (TPSA) is 89.3 Å². The van der Waals surface area contributed by atoms with E-state index >= 15 is 0 Å². The molecule has 1 saturated heterocycles. The van der Waals surface area contributed by atoms with Gasteiger partial charge in [0.1, 0.15) is 0 Å². The molecule has 0 bridgehead atoms. The van der Waals surface area contributed by atoms with Crippen LogP contribution in [0.4, 0.5) is 20.2 Å². The first-order chi connectivity index (χ1) is 8.80. The molecule has 0 radical (unpaired) electrons. The minimum absolute atomic E-state index is 0.0740. The van der Waals surface area contributed by atoms with E-state index < -0.39 is 43.8 Å². The van der Waals surface area contributed by atoms with Crippen molar-refractivity contribution in [3.8, 4) is 0 Å². The maximum atomic E-state index is 13.6. The molecule has 1 fully saturated rings. The monoisotopic (exact) mass is 292 g/mol. The molecule has 1 aromatic rings. The highest BCUT2D eigenvalue weighted by Gasteiger charge is 2.31. The summed E-state index contributed by atoms with van der Waals surface area (Å²) in [5.41, 5.74) is -1.23. The fourth-order valence-electron chi connectivity index (χ4n) is 1.94. The number of hydrogen-bond donors (Lipinski definition) is 1. The van der Waals surface area contributed by atoms with Crippen LogP contribution in [0.1, 0.15) is 6.42 Å². The maximum absolute atomic E-state index is 13.6. The second kappa shape index (κ2) is 4.72. The number of nitro benzene ring substituents is 1. The van der Waals surface area contributed by atoms with Gasteiger partial charge in [-0.3, -0.25) is 10.1 Å². The lowest BCUT2D eigenvalue weighted by atomic mass is 10.2. The quantitative estimate of drug-likeness (QED) is 0.673. The van der Waals surface area contributed by atoms with Crippen molar-refractivity contribution >= 4 is 21.2 Å². The highest BCUT2D eigenvalue weighted by molar-refractivity contribution is 7.91. The molecule has 0 aromatic heterocycles. The zero-order valence-corrected chi connectivity index (χ0v) is 10.4. The van der Waals surface area contributed by atoms with Crippen LogP contribution in [0.15, 0.2) is 12.1 Å². The van der Waals surface area contributed by atoms with Crippen molar-refractivity contribution in [2.24, 2.45) is 0 Å². The summed E-state index contributed by atoms with van der Waals surface area (Å²) in [7, 11) is -3.22. The van der Waals surface area contributed by atoms with Crippen molar-refractivity contribution in [2.45, 2.75) is 12.5 Å². The summed E-state index contributed by atoms with van der Waals surface area (Å²) in [5.74, 6) is -2.93. The van der Waals surface area contributed by atoms with E-state index in [1.54, 1.807) is 0 Å². The molecule has 0 spiro atoms. The fourth-order valence-corrected chi connectivity index (χ4v) is 3.62. The normalized spacial score (nSPS) is 21.3. The minimum atomic E-state index is -3.22. The summed E-state index contributed by atoms with van der Waals surface area (Å²) >= 11 is 0. The number of hydrogen-bond acceptors (Lipinski definition) is 5. The third kappa shape index (κ3) is 2.80. The summed E-state index contributed by atoms with van der Waals surface area (Å²) in [6, 6.07) is 0.842. The number of rotatable bonds is 3. The molecule has 2 rings (SSSR count). The third-order valence-electron chi connectivity index (χ3n) is 2.85. The van der Waals surface area contributed by atoms with Gasteiger partial charge in [0.25, 0.3) is 5.69 Å². The van der Waals surface area contributed by atoms with Crippen LogP contribution in [-0.2, 0) is 9.84 Å². The van der Waals surface area contributed by atoms with Gasteiger partial charge >= 0.3 is 0 Å². The van der Waals surface area contributed by atoms with E-state index in [4.69, 9.17) is 0 Å². The highest BCUT2D eigenvalue weighted by atomic mass is 32.2. The Morgan fingerprint density at radius 2 is 2.05 bits per heavy atom. The molecular weight excluding hydrogens is 282 g/mol. The lowest BCUT2D eigenvalue weighted by molar-refractivity contribution is -0.384. The van der Waals surface area contributed by atoms with Crippen LogP contribution in [0.3, 0.4) is 0 Å². The van der Waals surface area contributed by atoms with Gasteiger partial charge in [-0.05, 0) is 12.5 Å². The van der Waals surface area contributed by atoms with Crippen molar-refractivity contribution in [3.63, 3.8) is 0 Å². The second-order valence-electron chi connectivity index (χ2n) is 4.26. The van der Waals surface area contributed by atoms with E-state index in [1.807, 2.05) is 0 Å².